The van der Waals surface area contributed by atoms with Crippen LogP contribution in [0.15, 0.2) is 18.2 Å². The molecule has 2 N–H and O–H groups in total. The molecule has 0 aromatic heterocycles. The first-order valence-electron chi connectivity index (χ1n) is 6.15. The van der Waals surface area contributed by atoms with Gasteiger partial charge in [0.1, 0.15) is 0 Å². The van der Waals surface area contributed by atoms with Crippen LogP contribution in [0.1, 0.15) is 6.92 Å². The number of halogens is 3. The molecule has 0 aliphatic heterocycles. The van der Waals surface area contributed by atoms with E-state index in [2.05, 4.69) is 10.6 Å². The smallest absolute Gasteiger partial charge is 0.244 e. The van der Waals surface area contributed by atoms with Crippen LogP contribution in [0.3, 0.4) is 0 Å². The van der Waals surface area contributed by atoms with E-state index in [-0.39, 0.29) is 37.3 Å². The second kappa shape index (κ2) is 9.84. The average Bonchev–Trinajstić information content (AvgIpc) is 2.40. The van der Waals surface area contributed by atoms with Crippen molar-refractivity contribution in [2.75, 3.05) is 32.0 Å². The maximum atomic E-state index is 12.0. The number of rotatable bonds is 6. The van der Waals surface area contributed by atoms with E-state index >= 15 is 0 Å². The molecule has 0 unspecified atom stereocenters. The highest BCUT2D eigenvalue weighted by molar-refractivity contribution is 6.39. The summed E-state index contributed by atoms with van der Waals surface area (Å²) in [6.45, 7) is 2.40. The number of hydrogen-bond acceptors (Lipinski definition) is 3. The maximum Gasteiger partial charge on any atom is 0.244 e. The van der Waals surface area contributed by atoms with Crippen LogP contribution in [0.25, 0.3) is 0 Å². The number of likely N-dealkylation sites (N-methyl/N-ethyl adjacent to an activating group) is 2. The van der Waals surface area contributed by atoms with E-state index in [1.807, 2.05) is 6.92 Å². The van der Waals surface area contributed by atoms with Gasteiger partial charge < -0.3 is 15.5 Å². The molecule has 0 aliphatic rings. The van der Waals surface area contributed by atoms with Crippen molar-refractivity contribution < 1.29 is 9.59 Å². The number of carbonyl (C=O) groups excluding carboxylic acids is 2. The molecule has 8 heteroatoms. The molecule has 0 fully saturated rings. The van der Waals surface area contributed by atoms with Crippen LogP contribution < -0.4 is 10.6 Å². The summed E-state index contributed by atoms with van der Waals surface area (Å²) in [7, 11) is 1.68. The minimum Gasteiger partial charge on any atom is -0.333 e. The Morgan fingerprint density at radius 1 is 1.24 bits per heavy atom. The van der Waals surface area contributed by atoms with Gasteiger partial charge in [0.2, 0.25) is 11.8 Å². The Morgan fingerprint density at radius 3 is 2.29 bits per heavy atom. The fraction of sp³-hybridized carbons (Fsp3) is 0.385. The van der Waals surface area contributed by atoms with Crippen LogP contribution in [0.4, 0.5) is 5.69 Å². The van der Waals surface area contributed by atoms with E-state index < -0.39 is 0 Å². The van der Waals surface area contributed by atoms with Gasteiger partial charge in [-0.2, -0.15) is 0 Å². The Bertz CT molecular complexity index is 477. The molecule has 0 bridgehead atoms. The molecular weight excluding hydrogens is 337 g/mol. The Kier molecular flexibility index (Phi) is 9.37. The second-order valence-electron chi connectivity index (χ2n) is 4.08. The highest BCUT2D eigenvalue weighted by Gasteiger charge is 2.16. The van der Waals surface area contributed by atoms with Crippen molar-refractivity contribution in [1.82, 2.24) is 10.2 Å². The molecule has 21 heavy (non-hydrogen) atoms. The SMILES string of the molecule is CCN(CC(=O)Nc1c(Cl)cccc1Cl)C(=O)CNC.Cl. The van der Waals surface area contributed by atoms with Gasteiger partial charge in [0, 0.05) is 6.54 Å². The van der Waals surface area contributed by atoms with E-state index in [0.29, 0.717) is 22.3 Å². The normalized spacial score (nSPS) is 9.71. The third-order valence-corrected chi connectivity index (χ3v) is 3.25. The van der Waals surface area contributed by atoms with Crippen molar-refractivity contribution in [1.29, 1.82) is 0 Å². The Balaban J connectivity index is 0.00000400. The molecule has 0 saturated heterocycles. The molecule has 0 spiro atoms. The van der Waals surface area contributed by atoms with Gasteiger partial charge in [-0.3, -0.25) is 9.59 Å². The van der Waals surface area contributed by atoms with Gasteiger partial charge in [-0.1, -0.05) is 29.3 Å². The molecule has 0 saturated carbocycles. The Morgan fingerprint density at radius 2 is 1.81 bits per heavy atom. The van der Waals surface area contributed by atoms with Crippen molar-refractivity contribution >= 4 is 53.1 Å². The van der Waals surface area contributed by atoms with Crippen molar-refractivity contribution in [2.24, 2.45) is 0 Å². The molecule has 5 nitrogen and oxygen atoms in total. The zero-order valence-corrected chi connectivity index (χ0v) is 14.1. The molecule has 118 valence electrons. The number of benzene rings is 1. The first-order chi connectivity index (χ1) is 9.49. The molecule has 0 atom stereocenters. The number of amides is 2. The minimum absolute atomic E-state index is 0. The minimum atomic E-state index is -0.341. The van der Waals surface area contributed by atoms with E-state index in [1.54, 1.807) is 25.2 Å². The number of hydrogen-bond donors (Lipinski definition) is 2. The molecule has 1 rings (SSSR count). The first kappa shape index (κ1) is 20.0. The molecule has 0 aliphatic carbocycles. The van der Waals surface area contributed by atoms with Crippen LogP contribution >= 0.6 is 35.6 Å². The van der Waals surface area contributed by atoms with Crippen molar-refractivity contribution in [2.45, 2.75) is 6.92 Å². The van der Waals surface area contributed by atoms with Gasteiger partial charge in [0.05, 0.1) is 28.8 Å². The van der Waals surface area contributed by atoms with Crippen molar-refractivity contribution in [3.63, 3.8) is 0 Å². The lowest BCUT2D eigenvalue weighted by atomic mass is 10.3. The molecule has 0 heterocycles. The summed E-state index contributed by atoms with van der Waals surface area (Å²) in [6, 6.07) is 4.95. The number of nitrogens with one attached hydrogen (secondary N) is 2. The van der Waals surface area contributed by atoms with Gasteiger partial charge in [0.25, 0.3) is 0 Å². The highest BCUT2D eigenvalue weighted by atomic mass is 35.5. The summed E-state index contributed by atoms with van der Waals surface area (Å²) in [5.74, 6) is -0.485. The fourth-order valence-corrected chi connectivity index (χ4v) is 2.10. The number of nitrogens with zero attached hydrogens (tertiary/aromatic N) is 1. The van der Waals surface area contributed by atoms with E-state index in [1.165, 1.54) is 4.90 Å². The zero-order valence-electron chi connectivity index (χ0n) is 11.8. The van der Waals surface area contributed by atoms with E-state index in [0.717, 1.165) is 0 Å². The van der Waals surface area contributed by atoms with Crippen LogP contribution in [0.5, 0.6) is 0 Å². The lowest BCUT2D eigenvalue weighted by molar-refractivity contribution is -0.133. The summed E-state index contributed by atoms with van der Waals surface area (Å²) < 4.78 is 0. The standard InChI is InChI=1S/C13H17Cl2N3O2.ClH/c1-3-18(12(20)7-16-2)8-11(19)17-13-9(14)5-4-6-10(13)15;/h4-6,16H,3,7-8H2,1-2H3,(H,17,19);1H. The number of para-hydroxylation sites is 1. The summed E-state index contributed by atoms with van der Waals surface area (Å²) in [6.07, 6.45) is 0. The molecule has 2 amide bonds. The lowest BCUT2D eigenvalue weighted by Gasteiger charge is -2.20. The van der Waals surface area contributed by atoms with Gasteiger partial charge in [-0.05, 0) is 26.1 Å². The van der Waals surface area contributed by atoms with Gasteiger partial charge >= 0.3 is 0 Å². The van der Waals surface area contributed by atoms with E-state index in [4.69, 9.17) is 23.2 Å². The summed E-state index contributed by atoms with van der Waals surface area (Å²) in [5, 5.41) is 6.10. The third-order valence-electron chi connectivity index (χ3n) is 2.62. The monoisotopic (exact) mass is 353 g/mol. The summed E-state index contributed by atoms with van der Waals surface area (Å²) >= 11 is 11.9. The quantitative estimate of drug-likeness (QED) is 0.825. The lowest BCUT2D eigenvalue weighted by Crippen LogP contribution is -2.41. The van der Waals surface area contributed by atoms with Crippen molar-refractivity contribution in [3.8, 4) is 0 Å². The number of anilines is 1. The van der Waals surface area contributed by atoms with Crippen LogP contribution in [0.2, 0.25) is 10.0 Å². The predicted molar refractivity (Wildman–Crippen MR) is 88.5 cm³/mol. The number of carbonyl (C=O) groups is 2. The van der Waals surface area contributed by atoms with Crippen LogP contribution in [-0.2, 0) is 9.59 Å². The molecule has 1 aromatic carbocycles. The van der Waals surface area contributed by atoms with E-state index in [9.17, 15) is 9.59 Å². The first-order valence-corrected chi connectivity index (χ1v) is 6.91. The highest BCUT2D eigenvalue weighted by Crippen LogP contribution is 2.29. The maximum absolute atomic E-state index is 12.0. The third kappa shape index (κ3) is 6.09. The Labute approximate surface area is 140 Å². The Hall–Kier alpha value is -1.01. The summed E-state index contributed by atoms with van der Waals surface area (Å²) in [4.78, 5) is 25.1. The zero-order chi connectivity index (χ0) is 15.1. The fourth-order valence-electron chi connectivity index (χ4n) is 1.61. The van der Waals surface area contributed by atoms with Crippen LogP contribution in [0, 0.1) is 0 Å². The average molecular weight is 355 g/mol. The largest absolute Gasteiger partial charge is 0.333 e. The van der Waals surface area contributed by atoms with Gasteiger partial charge in [0.15, 0.2) is 0 Å². The van der Waals surface area contributed by atoms with Crippen molar-refractivity contribution in [3.05, 3.63) is 28.2 Å². The van der Waals surface area contributed by atoms with Gasteiger partial charge in [-0.15, -0.1) is 12.4 Å². The summed E-state index contributed by atoms with van der Waals surface area (Å²) in [5.41, 5.74) is 0.359. The molecule has 1 aromatic rings. The predicted octanol–water partition coefficient (Wildman–Crippen LogP) is 2.42. The topological polar surface area (TPSA) is 61.4 Å². The van der Waals surface area contributed by atoms with Crippen LogP contribution in [-0.4, -0.2) is 43.4 Å². The van der Waals surface area contributed by atoms with Gasteiger partial charge in [-0.25, -0.2) is 0 Å². The molecule has 0 radical (unpaired) electrons. The second-order valence-corrected chi connectivity index (χ2v) is 4.90. The molecular formula is C13H18Cl3N3O2.